The summed E-state index contributed by atoms with van der Waals surface area (Å²) in [6, 6.07) is 14.9. The molecule has 0 bridgehead atoms. The predicted octanol–water partition coefficient (Wildman–Crippen LogP) is 2.65. The molecular formula is C17H15NO2. The summed E-state index contributed by atoms with van der Waals surface area (Å²) in [7, 11) is 0. The van der Waals surface area contributed by atoms with Crippen LogP contribution in [0.3, 0.4) is 0 Å². The van der Waals surface area contributed by atoms with Crippen LogP contribution in [0.2, 0.25) is 0 Å². The number of benzene rings is 2. The molecule has 0 radical (unpaired) electrons. The molecule has 3 nitrogen and oxygen atoms in total. The molecule has 0 saturated carbocycles. The van der Waals surface area contributed by atoms with Crippen LogP contribution < -0.4 is 5.32 Å². The van der Waals surface area contributed by atoms with E-state index in [9.17, 15) is 9.59 Å². The van der Waals surface area contributed by atoms with E-state index in [0.717, 1.165) is 16.7 Å². The van der Waals surface area contributed by atoms with Gasteiger partial charge in [-0.2, -0.15) is 0 Å². The van der Waals surface area contributed by atoms with E-state index in [1.807, 2.05) is 48.5 Å². The third-order valence-corrected chi connectivity index (χ3v) is 3.64. The van der Waals surface area contributed by atoms with Gasteiger partial charge in [-0.3, -0.25) is 9.59 Å². The van der Waals surface area contributed by atoms with Gasteiger partial charge in [-0.15, -0.1) is 0 Å². The Morgan fingerprint density at radius 3 is 2.45 bits per heavy atom. The molecule has 0 heterocycles. The Morgan fingerprint density at radius 1 is 1.05 bits per heavy atom. The van der Waals surface area contributed by atoms with Crippen molar-refractivity contribution in [3.8, 4) is 0 Å². The maximum absolute atomic E-state index is 12.6. The lowest BCUT2D eigenvalue weighted by atomic mass is 9.97. The zero-order valence-corrected chi connectivity index (χ0v) is 11.2. The summed E-state index contributed by atoms with van der Waals surface area (Å²) in [4.78, 5) is 24.1. The maximum atomic E-state index is 12.6. The molecule has 3 rings (SSSR count). The van der Waals surface area contributed by atoms with E-state index in [0.29, 0.717) is 12.0 Å². The fourth-order valence-corrected chi connectivity index (χ4v) is 2.78. The van der Waals surface area contributed by atoms with Gasteiger partial charge in [-0.05, 0) is 17.5 Å². The van der Waals surface area contributed by atoms with Crippen molar-refractivity contribution in [2.45, 2.75) is 19.4 Å². The van der Waals surface area contributed by atoms with Crippen LogP contribution in [0.1, 0.15) is 40.0 Å². The number of amides is 1. The maximum Gasteiger partial charge on any atom is 0.217 e. The first-order valence-electron chi connectivity index (χ1n) is 6.65. The normalized spacial score (nSPS) is 16.9. The van der Waals surface area contributed by atoms with Gasteiger partial charge in [0.15, 0.2) is 5.78 Å². The van der Waals surface area contributed by atoms with Crippen molar-refractivity contribution in [3.63, 3.8) is 0 Å². The van der Waals surface area contributed by atoms with Crippen LogP contribution in [0.15, 0.2) is 48.5 Å². The second-order valence-corrected chi connectivity index (χ2v) is 5.03. The minimum atomic E-state index is -0.156. The highest BCUT2D eigenvalue weighted by atomic mass is 16.1. The topological polar surface area (TPSA) is 46.2 Å². The standard InChI is InChI=1S/C17H15NO2/c1-11(19)18-16-10-12-6-2-3-7-13(12)17(20)15-9-5-4-8-14(15)16/h2-9,16H,10H2,1H3,(H,18,19). The molecular weight excluding hydrogens is 250 g/mol. The van der Waals surface area contributed by atoms with Crippen molar-refractivity contribution < 1.29 is 9.59 Å². The lowest BCUT2D eigenvalue weighted by Gasteiger charge is -2.18. The molecule has 0 aromatic heterocycles. The van der Waals surface area contributed by atoms with Crippen LogP contribution in [0.5, 0.6) is 0 Å². The molecule has 100 valence electrons. The molecule has 1 atom stereocenters. The van der Waals surface area contributed by atoms with Gasteiger partial charge >= 0.3 is 0 Å². The smallest absolute Gasteiger partial charge is 0.217 e. The highest BCUT2D eigenvalue weighted by molar-refractivity contribution is 6.11. The Balaban J connectivity index is 2.18. The van der Waals surface area contributed by atoms with E-state index in [1.165, 1.54) is 6.92 Å². The number of rotatable bonds is 1. The Morgan fingerprint density at radius 2 is 1.70 bits per heavy atom. The third-order valence-electron chi connectivity index (χ3n) is 3.64. The fraction of sp³-hybridized carbons (Fsp3) is 0.176. The van der Waals surface area contributed by atoms with Gasteiger partial charge in [0.1, 0.15) is 0 Å². The average Bonchev–Trinajstić information content (AvgIpc) is 2.56. The molecule has 0 spiro atoms. The summed E-state index contributed by atoms with van der Waals surface area (Å²) in [5.41, 5.74) is 3.28. The Labute approximate surface area is 117 Å². The van der Waals surface area contributed by atoms with Gasteiger partial charge in [-0.25, -0.2) is 0 Å². The van der Waals surface area contributed by atoms with E-state index in [2.05, 4.69) is 5.32 Å². The van der Waals surface area contributed by atoms with Crippen LogP contribution in [-0.2, 0) is 11.2 Å². The van der Waals surface area contributed by atoms with Crippen molar-refractivity contribution in [1.29, 1.82) is 0 Å². The highest BCUT2D eigenvalue weighted by Crippen LogP contribution is 2.30. The highest BCUT2D eigenvalue weighted by Gasteiger charge is 2.27. The van der Waals surface area contributed by atoms with Crippen LogP contribution >= 0.6 is 0 Å². The summed E-state index contributed by atoms with van der Waals surface area (Å²) in [5.74, 6) is -0.0549. The largest absolute Gasteiger partial charge is 0.349 e. The first kappa shape index (κ1) is 12.6. The van der Waals surface area contributed by atoms with E-state index in [1.54, 1.807) is 0 Å². The van der Waals surface area contributed by atoms with Crippen molar-refractivity contribution in [1.82, 2.24) is 5.32 Å². The van der Waals surface area contributed by atoms with Crippen molar-refractivity contribution in [2.75, 3.05) is 0 Å². The Bertz CT molecular complexity index is 691. The summed E-state index contributed by atoms with van der Waals surface area (Å²) in [5, 5.41) is 2.95. The molecule has 1 aliphatic rings. The predicted molar refractivity (Wildman–Crippen MR) is 76.6 cm³/mol. The van der Waals surface area contributed by atoms with E-state index >= 15 is 0 Å². The average molecular weight is 265 g/mol. The second-order valence-electron chi connectivity index (χ2n) is 5.03. The minimum absolute atomic E-state index is 0.0315. The number of nitrogens with one attached hydrogen (secondary N) is 1. The summed E-state index contributed by atoms with van der Waals surface area (Å²) in [6.07, 6.45) is 0.637. The zero-order valence-electron chi connectivity index (χ0n) is 11.2. The molecule has 3 heteroatoms. The fourth-order valence-electron chi connectivity index (χ4n) is 2.78. The van der Waals surface area contributed by atoms with Gasteiger partial charge in [0.25, 0.3) is 0 Å². The lowest BCUT2D eigenvalue weighted by Crippen LogP contribution is -2.27. The number of fused-ring (bicyclic) bond motifs is 2. The molecule has 0 aliphatic heterocycles. The van der Waals surface area contributed by atoms with E-state index in [4.69, 9.17) is 0 Å². The first-order chi connectivity index (χ1) is 9.66. The number of hydrogen-bond donors (Lipinski definition) is 1. The Hall–Kier alpha value is -2.42. The third kappa shape index (κ3) is 2.11. The van der Waals surface area contributed by atoms with Gasteiger partial charge in [0.2, 0.25) is 5.91 Å². The zero-order chi connectivity index (χ0) is 14.1. The van der Waals surface area contributed by atoms with Gasteiger partial charge in [-0.1, -0.05) is 48.5 Å². The molecule has 1 amide bonds. The van der Waals surface area contributed by atoms with E-state index < -0.39 is 0 Å². The Kier molecular flexibility index (Phi) is 3.11. The SMILES string of the molecule is CC(=O)NC1Cc2ccccc2C(=O)c2ccccc21. The molecule has 0 saturated heterocycles. The number of hydrogen-bond acceptors (Lipinski definition) is 2. The van der Waals surface area contributed by atoms with Crippen LogP contribution in [-0.4, -0.2) is 11.7 Å². The summed E-state index contributed by atoms with van der Waals surface area (Å²) < 4.78 is 0. The molecule has 20 heavy (non-hydrogen) atoms. The second kappa shape index (κ2) is 4.93. The van der Waals surface area contributed by atoms with Crippen molar-refractivity contribution in [3.05, 3.63) is 70.8 Å². The number of ketones is 1. The molecule has 2 aromatic carbocycles. The first-order valence-corrected chi connectivity index (χ1v) is 6.65. The number of carbonyl (C=O) groups excluding carboxylic acids is 2. The van der Waals surface area contributed by atoms with Gasteiger partial charge < -0.3 is 5.32 Å². The molecule has 0 fully saturated rings. The number of carbonyl (C=O) groups is 2. The summed E-state index contributed by atoms with van der Waals surface area (Å²) >= 11 is 0. The van der Waals surface area contributed by atoms with Crippen LogP contribution in [0, 0.1) is 0 Å². The van der Waals surface area contributed by atoms with Crippen LogP contribution in [0.25, 0.3) is 0 Å². The molecule has 1 aliphatic carbocycles. The molecule has 2 aromatic rings. The van der Waals surface area contributed by atoms with Gasteiger partial charge in [0.05, 0.1) is 6.04 Å². The van der Waals surface area contributed by atoms with E-state index in [-0.39, 0.29) is 17.7 Å². The quantitative estimate of drug-likeness (QED) is 0.861. The van der Waals surface area contributed by atoms with Gasteiger partial charge in [0, 0.05) is 18.1 Å². The molecule has 1 unspecified atom stereocenters. The van der Waals surface area contributed by atoms with Crippen molar-refractivity contribution >= 4 is 11.7 Å². The van der Waals surface area contributed by atoms with Crippen molar-refractivity contribution in [2.24, 2.45) is 0 Å². The minimum Gasteiger partial charge on any atom is -0.349 e. The summed E-state index contributed by atoms with van der Waals surface area (Å²) in [6.45, 7) is 1.50. The molecule has 1 N–H and O–H groups in total. The lowest BCUT2D eigenvalue weighted by molar-refractivity contribution is -0.119. The van der Waals surface area contributed by atoms with Crippen LogP contribution in [0.4, 0.5) is 0 Å². The monoisotopic (exact) mass is 265 g/mol.